The molecule has 0 spiro atoms. The Labute approximate surface area is 109 Å². The Morgan fingerprint density at radius 3 is 2.59 bits per heavy atom. The van der Waals surface area contributed by atoms with E-state index in [4.69, 9.17) is 5.73 Å². The van der Waals surface area contributed by atoms with Gasteiger partial charge in [-0.2, -0.15) is 0 Å². The molecule has 0 amide bonds. The minimum Gasteiger partial charge on any atom is -0.326 e. The molecule has 0 atom stereocenters. The predicted molar refractivity (Wildman–Crippen MR) is 75.1 cm³/mol. The molecule has 0 aromatic carbocycles. The smallest absolute Gasteiger partial charge is 0.0325 e. The van der Waals surface area contributed by atoms with Crippen LogP contribution in [0.3, 0.4) is 0 Å². The molecule has 2 nitrogen and oxygen atoms in total. The molecule has 0 saturated heterocycles. The lowest BCUT2D eigenvalue weighted by molar-refractivity contribution is 0.229. The van der Waals surface area contributed by atoms with E-state index in [9.17, 15) is 0 Å². The highest BCUT2D eigenvalue weighted by Gasteiger charge is 2.15. The number of hydrogen-bond donors (Lipinski definition) is 1. The third kappa shape index (κ3) is 4.09. The van der Waals surface area contributed by atoms with Crippen molar-refractivity contribution in [3.05, 3.63) is 21.9 Å². The van der Waals surface area contributed by atoms with Gasteiger partial charge in [0.1, 0.15) is 0 Å². The van der Waals surface area contributed by atoms with Gasteiger partial charge in [0.25, 0.3) is 0 Å². The van der Waals surface area contributed by atoms with Crippen LogP contribution < -0.4 is 5.73 Å². The van der Waals surface area contributed by atoms with Crippen LogP contribution in [0.2, 0.25) is 0 Å². The van der Waals surface area contributed by atoms with Gasteiger partial charge in [0, 0.05) is 29.4 Å². The maximum Gasteiger partial charge on any atom is 0.0325 e. The first-order valence-electron chi connectivity index (χ1n) is 6.74. The zero-order chi connectivity index (χ0) is 12.1. The van der Waals surface area contributed by atoms with Crippen molar-refractivity contribution in [2.45, 2.75) is 45.2 Å². The normalized spacial score (nSPS) is 17.8. The first-order valence-corrected chi connectivity index (χ1v) is 7.56. The minimum atomic E-state index is 0.678. The molecule has 2 rings (SSSR count). The van der Waals surface area contributed by atoms with Gasteiger partial charge in [-0.3, -0.25) is 0 Å². The average Bonchev–Trinajstić information content (AvgIpc) is 2.78. The summed E-state index contributed by atoms with van der Waals surface area (Å²) in [6.45, 7) is 3.02. The fraction of sp³-hybridized carbons (Fsp3) is 0.714. The molecular formula is C14H24N2S. The third-order valence-corrected chi connectivity index (χ3v) is 4.73. The second kappa shape index (κ2) is 6.53. The van der Waals surface area contributed by atoms with Gasteiger partial charge >= 0.3 is 0 Å². The van der Waals surface area contributed by atoms with Crippen LogP contribution >= 0.6 is 11.3 Å². The van der Waals surface area contributed by atoms with Crippen LogP contribution in [0.1, 0.15) is 41.9 Å². The van der Waals surface area contributed by atoms with Crippen molar-refractivity contribution < 1.29 is 0 Å². The SMILES string of the molecule is CN(Cc1ccc(CN)s1)CC1CCCCC1. The van der Waals surface area contributed by atoms with Crippen LogP contribution in [0, 0.1) is 5.92 Å². The summed E-state index contributed by atoms with van der Waals surface area (Å²) < 4.78 is 0. The summed E-state index contributed by atoms with van der Waals surface area (Å²) in [6, 6.07) is 4.39. The Balaban J connectivity index is 1.77. The number of hydrogen-bond acceptors (Lipinski definition) is 3. The Morgan fingerprint density at radius 1 is 1.24 bits per heavy atom. The molecule has 1 aromatic heterocycles. The van der Waals surface area contributed by atoms with Crippen LogP contribution in [-0.4, -0.2) is 18.5 Å². The molecule has 0 radical (unpaired) electrons. The van der Waals surface area contributed by atoms with Crippen molar-refractivity contribution in [3.63, 3.8) is 0 Å². The minimum absolute atomic E-state index is 0.678. The van der Waals surface area contributed by atoms with Crippen molar-refractivity contribution in [1.82, 2.24) is 4.90 Å². The Morgan fingerprint density at radius 2 is 1.94 bits per heavy atom. The first-order chi connectivity index (χ1) is 8.28. The highest BCUT2D eigenvalue weighted by molar-refractivity contribution is 7.11. The highest BCUT2D eigenvalue weighted by Crippen LogP contribution is 2.25. The van der Waals surface area contributed by atoms with E-state index in [-0.39, 0.29) is 0 Å². The predicted octanol–water partition coefficient (Wildman–Crippen LogP) is 3.22. The molecule has 0 aliphatic heterocycles. The van der Waals surface area contributed by atoms with Gasteiger partial charge in [-0.15, -0.1) is 11.3 Å². The number of nitrogens with zero attached hydrogens (tertiary/aromatic N) is 1. The quantitative estimate of drug-likeness (QED) is 0.872. The maximum absolute atomic E-state index is 5.64. The van der Waals surface area contributed by atoms with Crippen molar-refractivity contribution >= 4 is 11.3 Å². The molecule has 1 aromatic rings. The summed E-state index contributed by atoms with van der Waals surface area (Å²) in [5.41, 5.74) is 5.64. The lowest BCUT2D eigenvalue weighted by Gasteiger charge is -2.26. The van der Waals surface area contributed by atoms with Gasteiger partial charge in [-0.25, -0.2) is 0 Å². The van der Waals surface area contributed by atoms with Crippen LogP contribution in [0.15, 0.2) is 12.1 Å². The molecule has 96 valence electrons. The number of rotatable bonds is 5. The summed E-state index contributed by atoms with van der Waals surface area (Å²) >= 11 is 1.86. The molecule has 3 heteroatoms. The Kier molecular flexibility index (Phi) is 5.01. The second-order valence-electron chi connectivity index (χ2n) is 5.27. The molecule has 0 bridgehead atoms. The van der Waals surface area contributed by atoms with Crippen molar-refractivity contribution in [2.75, 3.05) is 13.6 Å². The van der Waals surface area contributed by atoms with Crippen molar-refractivity contribution in [1.29, 1.82) is 0 Å². The van der Waals surface area contributed by atoms with Crippen LogP contribution in [-0.2, 0) is 13.1 Å². The molecule has 1 aliphatic carbocycles. The molecule has 2 N–H and O–H groups in total. The first kappa shape index (κ1) is 13.1. The zero-order valence-electron chi connectivity index (χ0n) is 10.8. The lowest BCUT2D eigenvalue weighted by Crippen LogP contribution is -2.26. The number of nitrogens with two attached hydrogens (primary N) is 1. The van der Waals surface area contributed by atoms with Gasteiger partial charge in [-0.1, -0.05) is 19.3 Å². The molecule has 1 fully saturated rings. The summed E-state index contributed by atoms with van der Waals surface area (Å²) in [5, 5.41) is 0. The Bertz CT molecular complexity index is 329. The van der Waals surface area contributed by atoms with Gasteiger partial charge in [0.2, 0.25) is 0 Å². The molecule has 1 heterocycles. The fourth-order valence-corrected chi connectivity index (χ4v) is 3.74. The topological polar surface area (TPSA) is 29.3 Å². The summed E-state index contributed by atoms with van der Waals surface area (Å²) in [7, 11) is 2.25. The standard InChI is InChI=1S/C14H24N2S/c1-16(10-12-5-3-2-4-6-12)11-14-8-7-13(9-15)17-14/h7-8,12H,2-6,9-11,15H2,1H3. The average molecular weight is 252 g/mol. The van der Waals surface area contributed by atoms with Gasteiger partial charge in [0.05, 0.1) is 0 Å². The zero-order valence-corrected chi connectivity index (χ0v) is 11.6. The van der Waals surface area contributed by atoms with Crippen molar-refractivity contribution in [2.24, 2.45) is 11.7 Å². The fourth-order valence-electron chi connectivity index (χ4n) is 2.76. The van der Waals surface area contributed by atoms with E-state index in [0.29, 0.717) is 6.54 Å². The summed E-state index contributed by atoms with van der Waals surface area (Å²) in [4.78, 5) is 5.22. The van der Waals surface area contributed by atoms with Crippen LogP contribution in [0.5, 0.6) is 0 Å². The van der Waals surface area contributed by atoms with Crippen LogP contribution in [0.4, 0.5) is 0 Å². The van der Waals surface area contributed by atoms with E-state index in [1.165, 1.54) is 48.4 Å². The summed E-state index contributed by atoms with van der Waals surface area (Å²) in [5.74, 6) is 0.933. The van der Waals surface area contributed by atoms with E-state index in [0.717, 1.165) is 12.5 Å². The van der Waals surface area contributed by atoms with E-state index in [1.807, 2.05) is 11.3 Å². The monoisotopic (exact) mass is 252 g/mol. The second-order valence-corrected chi connectivity index (χ2v) is 6.53. The molecule has 17 heavy (non-hydrogen) atoms. The maximum atomic E-state index is 5.64. The van der Waals surface area contributed by atoms with Crippen LogP contribution in [0.25, 0.3) is 0 Å². The van der Waals surface area contributed by atoms with E-state index in [2.05, 4.69) is 24.1 Å². The molecule has 1 aliphatic rings. The summed E-state index contributed by atoms with van der Waals surface area (Å²) in [6.07, 6.45) is 7.19. The van der Waals surface area contributed by atoms with Crippen molar-refractivity contribution in [3.8, 4) is 0 Å². The van der Waals surface area contributed by atoms with E-state index in [1.54, 1.807) is 0 Å². The molecule has 1 saturated carbocycles. The van der Waals surface area contributed by atoms with Gasteiger partial charge in [-0.05, 0) is 37.9 Å². The number of thiophene rings is 1. The molecular weight excluding hydrogens is 228 g/mol. The molecule has 0 unspecified atom stereocenters. The van der Waals surface area contributed by atoms with Gasteiger partial charge < -0.3 is 10.6 Å². The van der Waals surface area contributed by atoms with E-state index >= 15 is 0 Å². The Hall–Kier alpha value is -0.380. The van der Waals surface area contributed by atoms with E-state index < -0.39 is 0 Å². The highest BCUT2D eigenvalue weighted by atomic mass is 32.1. The largest absolute Gasteiger partial charge is 0.326 e. The lowest BCUT2D eigenvalue weighted by atomic mass is 9.89. The van der Waals surface area contributed by atoms with Gasteiger partial charge in [0.15, 0.2) is 0 Å². The third-order valence-electron chi connectivity index (χ3n) is 3.64.